The molecule has 2 saturated heterocycles. The molecule has 2 atom stereocenters. The molecule has 0 amide bonds. The van der Waals surface area contributed by atoms with Gasteiger partial charge in [0.15, 0.2) is 7.14 Å². The quantitative estimate of drug-likeness (QED) is 0.340. The van der Waals surface area contributed by atoms with Crippen LogP contribution >= 0.6 is 7.14 Å². The number of ether oxygens (including phenoxy) is 4. The zero-order valence-corrected chi connectivity index (χ0v) is 17.2. The van der Waals surface area contributed by atoms with Gasteiger partial charge in [-0.15, -0.1) is 0 Å². The summed E-state index contributed by atoms with van der Waals surface area (Å²) in [6.45, 7) is 2.57. The van der Waals surface area contributed by atoms with E-state index in [1.54, 1.807) is 0 Å². The first-order valence-electron chi connectivity index (χ1n) is 10.2. The number of rotatable bonds is 7. The highest BCUT2D eigenvalue weighted by Gasteiger charge is 2.40. The van der Waals surface area contributed by atoms with Crippen LogP contribution in [-0.2, 0) is 14.0 Å². The average molecular weight is 420 g/mol. The second kappa shape index (κ2) is 6.98. The molecule has 0 aliphatic carbocycles. The van der Waals surface area contributed by atoms with Crippen molar-refractivity contribution in [1.29, 1.82) is 0 Å². The molecule has 0 spiro atoms. The van der Waals surface area contributed by atoms with Crippen LogP contribution in [0.15, 0.2) is 66.7 Å². The molecule has 6 rings (SSSR count). The monoisotopic (exact) mass is 420 g/mol. The van der Waals surface area contributed by atoms with Crippen LogP contribution in [-0.4, -0.2) is 38.6 Å². The van der Waals surface area contributed by atoms with Crippen LogP contribution < -0.4 is 25.4 Å². The molecule has 0 saturated carbocycles. The molecule has 3 aromatic rings. The van der Waals surface area contributed by atoms with Gasteiger partial charge in [0.25, 0.3) is 0 Å². The molecule has 3 aliphatic rings. The van der Waals surface area contributed by atoms with E-state index in [4.69, 9.17) is 18.9 Å². The van der Waals surface area contributed by atoms with Gasteiger partial charge in [-0.2, -0.15) is 0 Å². The predicted molar refractivity (Wildman–Crippen MR) is 115 cm³/mol. The van der Waals surface area contributed by atoms with Crippen molar-refractivity contribution in [2.45, 2.75) is 12.2 Å². The van der Waals surface area contributed by atoms with Crippen LogP contribution in [0.2, 0.25) is 0 Å². The Morgan fingerprint density at radius 2 is 1.27 bits per heavy atom. The minimum absolute atomic E-state index is 0.186. The number of benzene rings is 3. The molecule has 6 heteroatoms. The topological polar surface area (TPSA) is 60.6 Å². The summed E-state index contributed by atoms with van der Waals surface area (Å²) in [6.07, 6.45) is 0.371. The Morgan fingerprint density at radius 3 is 1.73 bits per heavy atom. The normalized spacial score (nSPS) is 25.3. The molecule has 0 radical (unpaired) electrons. The van der Waals surface area contributed by atoms with Gasteiger partial charge in [0, 0.05) is 15.9 Å². The van der Waals surface area contributed by atoms with E-state index in [1.165, 1.54) is 0 Å². The summed E-state index contributed by atoms with van der Waals surface area (Å²) in [4.78, 5) is 0. The van der Waals surface area contributed by atoms with Gasteiger partial charge in [-0.05, 0) is 47.5 Å². The van der Waals surface area contributed by atoms with Crippen molar-refractivity contribution in [2.24, 2.45) is 0 Å². The lowest BCUT2D eigenvalue weighted by Gasteiger charge is -2.16. The Labute approximate surface area is 174 Å². The number of hydrogen-bond acceptors (Lipinski definition) is 5. The first-order valence-corrected chi connectivity index (χ1v) is 11.9. The fourth-order valence-corrected chi connectivity index (χ4v) is 6.97. The molecule has 30 heavy (non-hydrogen) atoms. The second-order valence-electron chi connectivity index (χ2n) is 7.84. The van der Waals surface area contributed by atoms with E-state index in [0.29, 0.717) is 13.2 Å². The summed E-state index contributed by atoms with van der Waals surface area (Å²) in [5.41, 5.74) is 1.89. The summed E-state index contributed by atoms with van der Waals surface area (Å²) in [5, 5.41) is 2.54. The van der Waals surface area contributed by atoms with Crippen molar-refractivity contribution in [3.8, 4) is 22.6 Å². The van der Waals surface area contributed by atoms with Crippen molar-refractivity contribution in [1.82, 2.24) is 0 Å². The standard InChI is InChI=1S/C24H21O5P/c25-30(20-4-2-1-3-5-20)23-8-6-16(26-12-18-14-28-18)10-21(23)22-11-17(7-9-24(22)30)27-13-19-15-29-19/h1-11,18-19H,12-15H2. The van der Waals surface area contributed by atoms with Crippen molar-refractivity contribution >= 4 is 23.1 Å². The molecule has 2 unspecified atom stereocenters. The summed E-state index contributed by atoms with van der Waals surface area (Å²) in [7, 11) is -2.95. The molecule has 5 nitrogen and oxygen atoms in total. The molecule has 3 aromatic carbocycles. The summed E-state index contributed by atoms with van der Waals surface area (Å²) < 4.78 is 36.8. The lowest BCUT2D eigenvalue weighted by Crippen LogP contribution is -2.20. The lowest BCUT2D eigenvalue weighted by atomic mass is 10.1. The summed E-state index contributed by atoms with van der Waals surface area (Å²) in [6, 6.07) is 21.4. The highest BCUT2D eigenvalue weighted by atomic mass is 31.2. The van der Waals surface area contributed by atoms with E-state index in [0.717, 1.165) is 51.8 Å². The number of fused-ring (bicyclic) bond motifs is 3. The van der Waals surface area contributed by atoms with Crippen LogP contribution in [0.5, 0.6) is 11.5 Å². The Hall–Kier alpha value is -2.59. The molecule has 0 aromatic heterocycles. The molecular weight excluding hydrogens is 399 g/mol. The molecule has 3 aliphatic heterocycles. The van der Waals surface area contributed by atoms with Gasteiger partial charge in [0.05, 0.1) is 13.2 Å². The molecule has 152 valence electrons. The Balaban J connectivity index is 1.45. The van der Waals surface area contributed by atoms with E-state index >= 15 is 0 Å². The summed E-state index contributed by atoms with van der Waals surface area (Å²) in [5.74, 6) is 1.52. The van der Waals surface area contributed by atoms with Crippen molar-refractivity contribution < 1.29 is 23.5 Å². The Bertz CT molecular complexity index is 1080. The average Bonchev–Trinajstić information content (AvgIpc) is 3.71. The fourth-order valence-electron chi connectivity index (χ4n) is 3.94. The van der Waals surface area contributed by atoms with Gasteiger partial charge in [0.2, 0.25) is 0 Å². The van der Waals surface area contributed by atoms with E-state index < -0.39 is 7.14 Å². The highest BCUT2D eigenvalue weighted by molar-refractivity contribution is 7.86. The van der Waals surface area contributed by atoms with E-state index in [2.05, 4.69) is 0 Å². The Morgan fingerprint density at radius 1 is 0.767 bits per heavy atom. The van der Waals surface area contributed by atoms with Gasteiger partial charge >= 0.3 is 0 Å². The maximum absolute atomic E-state index is 14.5. The number of hydrogen-bond donors (Lipinski definition) is 0. The largest absolute Gasteiger partial charge is 0.491 e. The SMILES string of the molecule is O=P1(c2ccccc2)c2ccc(OCC3CO3)cc2-c2cc(OCC3CO3)ccc21. The molecule has 0 N–H and O–H groups in total. The van der Waals surface area contributed by atoms with Crippen LogP contribution in [0, 0.1) is 0 Å². The molecule has 2 fully saturated rings. The van der Waals surface area contributed by atoms with Crippen molar-refractivity contribution in [3.63, 3.8) is 0 Å². The first-order chi connectivity index (χ1) is 14.7. The van der Waals surface area contributed by atoms with Gasteiger partial charge in [-0.3, -0.25) is 0 Å². The lowest BCUT2D eigenvalue weighted by molar-refractivity contribution is 0.263. The van der Waals surface area contributed by atoms with Gasteiger partial charge in [0.1, 0.15) is 36.9 Å². The van der Waals surface area contributed by atoms with E-state index in [9.17, 15) is 4.57 Å². The minimum Gasteiger partial charge on any atom is -0.491 e. The summed E-state index contributed by atoms with van der Waals surface area (Å²) >= 11 is 0. The zero-order chi connectivity index (χ0) is 20.1. The molecular formula is C24H21O5P. The predicted octanol–water partition coefficient (Wildman–Crippen LogP) is 2.86. The molecule has 0 bridgehead atoms. The van der Waals surface area contributed by atoms with Crippen molar-refractivity contribution in [3.05, 3.63) is 66.7 Å². The van der Waals surface area contributed by atoms with Crippen LogP contribution in [0.1, 0.15) is 0 Å². The third-order valence-corrected chi connectivity index (χ3v) is 8.86. The van der Waals surface area contributed by atoms with Crippen LogP contribution in [0.4, 0.5) is 0 Å². The number of epoxide rings is 2. The van der Waals surface area contributed by atoms with Gasteiger partial charge in [-0.25, -0.2) is 0 Å². The first kappa shape index (κ1) is 18.2. The maximum Gasteiger partial charge on any atom is 0.172 e. The van der Waals surface area contributed by atoms with E-state index in [1.807, 2.05) is 66.7 Å². The van der Waals surface area contributed by atoms with Gasteiger partial charge in [-0.1, -0.05) is 30.3 Å². The fraction of sp³-hybridized carbons (Fsp3) is 0.250. The third kappa shape index (κ3) is 3.14. The third-order valence-electron chi connectivity index (χ3n) is 5.70. The smallest absolute Gasteiger partial charge is 0.172 e. The highest BCUT2D eigenvalue weighted by Crippen LogP contribution is 2.53. The maximum atomic E-state index is 14.5. The second-order valence-corrected chi connectivity index (χ2v) is 10.5. The van der Waals surface area contributed by atoms with Crippen LogP contribution in [0.3, 0.4) is 0 Å². The van der Waals surface area contributed by atoms with E-state index in [-0.39, 0.29) is 12.2 Å². The Kier molecular flexibility index (Phi) is 4.24. The minimum atomic E-state index is -2.95. The van der Waals surface area contributed by atoms with Crippen LogP contribution in [0.25, 0.3) is 11.1 Å². The zero-order valence-electron chi connectivity index (χ0n) is 16.3. The van der Waals surface area contributed by atoms with Crippen molar-refractivity contribution in [2.75, 3.05) is 26.4 Å². The van der Waals surface area contributed by atoms with Gasteiger partial charge < -0.3 is 23.5 Å². The molecule has 3 heterocycles.